The number of rotatable bonds is 5. The summed E-state index contributed by atoms with van der Waals surface area (Å²) in [5.74, 6) is 0.241. The molecule has 1 aliphatic rings. The zero-order valence-electron chi connectivity index (χ0n) is 16.2. The predicted octanol–water partition coefficient (Wildman–Crippen LogP) is 4.17. The summed E-state index contributed by atoms with van der Waals surface area (Å²) in [7, 11) is 0. The van der Waals surface area contributed by atoms with E-state index in [9.17, 15) is 4.39 Å². The fourth-order valence-electron chi connectivity index (χ4n) is 4.12. The van der Waals surface area contributed by atoms with E-state index >= 15 is 0 Å². The largest absolute Gasteiger partial charge is 0.379 e. The predicted molar refractivity (Wildman–Crippen MR) is 109 cm³/mol. The number of hydrogen-bond acceptors (Lipinski definition) is 5. The third kappa shape index (κ3) is 3.44. The molecule has 0 saturated heterocycles. The van der Waals surface area contributed by atoms with Crippen molar-refractivity contribution in [3.63, 3.8) is 0 Å². The van der Waals surface area contributed by atoms with Crippen molar-refractivity contribution in [2.75, 3.05) is 11.9 Å². The van der Waals surface area contributed by atoms with Crippen LogP contribution < -0.4 is 5.32 Å². The first-order chi connectivity index (χ1) is 14.2. The van der Waals surface area contributed by atoms with Gasteiger partial charge >= 0.3 is 0 Å². The van der Waals surface area contributed by atoms with E-state index < -0.39 is 0 Å². The molecule has 0 aromatic carbocycles. The molecule has 1 saturated carbocycles. The first kappa shape index (κ1) is 18.1. The van der Waals surface area contributed by atoms with Crippen LogP contribution in [-0.2, 0) is 4.74 Å². The number of ether oxygens (including phenoxy) is 1. The highest BCUT2D eigenvalue weighted by molar-refractivity contribution is 5.93. The average Bonchev–Trinajstić information content (AvgIpc) is 3.33. The fraction of sp³-hybridized carbons (Fsp3) is 0.381. The van der Waals surface area contributed by atoms with E-state index in [0.717, 1.165) is 54.5 Å². The van der Waals surface area contributed by atoms with Crippen molar-refractivity contribution in [1.82, 2.24) is 24.3 Å². The minimum absolute atomic E-state index is 0.366. The number of anilines is 1. The van der Waals surface area contributed by atoms with Crippen LogP contribution in [0.5, 0.6) is 0 Å². The molecule has 29 heavy (non-hydrogen) atoms. The lowest BCUT2D eigenvalue weighted by molar-refractivity contribution is 0.0346. The van der Waals surface area contributed by atoms with E-state index in [2.05, 4.69) is 25.3 Å². The normalized spacial score (nSPS) is 19.8. The van der Waals surface area contributed by atoms with Gasteiger partial charge in [0.2, 0.25) is 11.9 Å². The summed E-state index contributed by atoms with van der Waals surface area (Å²) in [6.07, 6.45) is 11.3. The molecule has 0 atom stereocenters. The minimum Gasteiger partial charge on any atom is -0.379 e. The number of hydrogen-bond donors (Lipinski definition) is 2. The molecule has 5 rings (SSSR count). The third-order valence-corrected chi connectivity index (χ3v) is 5.61. The lowest BCUT2D eigenvalue weighted by atomic mass is 9.93. The van der Waals surface area contributed by atoms with Gasteiger partial charge in [-0.2, -0.15) is 9.37 Å². The van der Waals surface area contributed by atoms with Gasteiger partial charge in [0.05, 0.1) is 12.3 Å². The maximum Gasteiger partial charge on any atom is 0.224 e. The summed E-state index contributed by atoms with van der Waals surface area (Å²) in [6, 6.07) is 4.09. The molecule has 150 valence electrons. The van der Waals surface area contributed by atoms with Gasteiger partial charge in [-0.25, -0.2) is 9.97 Å². The number of halogens is 1. The summed E-state index contributed by atoms with van der Waals surface area (Å²) in [4.78, 5) is 16.4. The number of H-pyrrole nitrogens is 1. The second kappa shape index (κ2) is 7.44. The number of fused-ring (bicyclic) bond motifs is 2. The first-order valence-corrected chi connectivity index (χ1v) is 10.1. The van der Waals surface area contributed by atoms with Crippen molar-refractivity contribution < 1.29 is 9.13 Å². The summed E-state index contributed by atoms with van der Waals surface area (Å²) in [6.45, 7) is 2.82. The van der Waals surface area contributed by atoms with E-state index in [0.29, 0.717) is 23.7 Å². The number of pyridine rings is 1. The van der Waals surface area contributed by atoms with Crippen LogP contribution in [0.15, 0.2) is 36.9 Å². The Morgan fingerprint density at radius 1 is 1.21 bits per heavy atom. The van der Waals surface area contributed by atoms with Gasteiger partial charge in [-0.15, -0.1) is 0 Å². The third-order valence-electron chi connectivity index (χ3n) is 5.61. The van der Waals surface area contributed by atoms with Crippen molar-refractivity contribution >= 4 is 22.6 Å². The van der Waals surface area contributed by atoms with Crippen molar-refractivity contribution in [3.05, 3.63) is 42.9 Å². The minimum atomic E-state index is -0.386. The molecule has 1 aliphatic carbocycles. The van der Waals surface area contributed by atoms with Crippen molar-refractivity contribution in [2.24, 2.45) is 0 Å². The molecule has 8 heteroatoms. The molecule has 4 heterocycles. The van der Waals surface area contributed by atoms with Gasteiger partial charge in [0.1, 0.15) is 11.3 Å². The Balaban J connectivity index is 1.36. The van der Waals surface area contributed by atoms with Crippen LogP contribution in [0.1, 0.15) is 32.6 Å². The molecular weight excluding hydrogens is 371 g/mol. The van der Waals surface area contributed by atoms with Crippen LogP contribution in [0.25, 0.3) is 27.8 Å². The van der Waals surface area contributed by atoms with Crippen LogP contribution in [-0.4, -0.2) is 43.1 Å². The van der Waals surface area contributed by atoms with Gasteiger partial charge in [0.15, 0.2) is 0 Å². The van der Waals surface area contributed by atoms with Crippen LogP contribution in [0, 0.1) is 5.95 Å². The quantitative estimate of drug-likeness (QED) is 0.531. The number of aromatic amines is 1. The molecule has 0 bridgehead atoms. The first-order valence-electron chi connectivity index (χ1n) is 10.1. The summed E-state index contributed by atoms with van der Waals surface area (Å²) in [5, 5.41) is 4.35. The Morgan fingerprint density at radius 3 is 2.90 bits per heavy atom. The van der Waals surface area contributed by atoms with Gasteiger partial charge < -0.3 is 15.0 Å². The van der Waals surface area contributed by atoms with Gasteiger partial charge in [-0.3, -0.25) is 4.40 Å². The number of nitrogens with zero attached hydrogens (tertiary/aromatic N) is 4. The number of imidazole rings is 1. The van der Waals surface area contributed by atoms with Crippen LogP contribution in [0.4, 0.5) is 10.3 Å². The SMILES string of the molecule is CCOC1CCC(Nc2ncc3c(-c4ccc5ncc(F)n5c4)c[nH]c3n2)CC1. The lowest BCUT2D eigenvalue weighted by Crippen LogP contribution is -2.30. The molecule has 0 spiro atoms. The standard InChI is InChI=1S/C21H23FN6O/c1-2-29-15-6-4-14(5-7-15)26-21-25-10-17-16(9-24-20(17)27-21)13-3-8-19-23-11-18(22)28(19)12-13/h3,8-12,14-15H,2,4-7H2,1H3,(H2,24,25,26,27). The molecule has 2 N–H and O–H groups in total. The van der Waals surface area contributed by atoms with Crippen LogP contribution >= 0.6 is 0 Å². The Kier molecular flexibility index (Phi) is 4.63. The zero-order chi connectivity index (χ0) is 19.8. The zero-order valence-corrected chi connectivity index (χ0v) is 16.2. The van der Waals surface area contributed by atoms with Crippen molar-refractivity contribution in [2.45, 2.75) is 44.8 Å². The topological polar surface area (TPSA) is 80.1 Å². The maximum atomic E-state index is 13.9. The summed E-state index contributed by atoms with van der Waals surface area (Å²) < 4.78 is 21.0. The summed E-state index contributed by atoms with van der Waals surface area (Å²) in [5.41, 5.74) is 3.14. The highest BCUT2D eigenvalue weighted by atomic mass is 19.1. The highest BCUT2D eigenvalue weighted by Crippen LogP contribution is 2.29. The average molecular weight is 394 g/mol. The Morgan fingerprint density at radius 2 is 2.07 bits per heavy atom. The van der Waals surface area contributed by atoms with Gasteiger partial charge in [-0.05, 0) is 44.7 Å². The van der Waals surface area contributed by atoms with Gasteiger partial charge in [0, 0.05) is 47.8 Å². The fourth-order valence-corrected chi connectivity index (χ4v) is 4.12. The molecular formula is C21H23FN6O. The number of nitrogens with one attached hydrogen (secondary N) is 2. The Hall–Kier alpha value is -3.00. The second-order valence-corrected chi connectivity index (χ2v) is 7.46. The van der Waals surface area contributed by atoms with E-state index in [1.807, 2.05) is 25.4 Å². The van der Waals surface area contributed by atoms with E-state index in [-0.39, 0.29) is 5.95 Å². The van der Waals surface area contributed by atoms with Gasteiger partial charge in [0.25, 0.3) is 0 Å². The number of aromatic nitrogens is 5. The molecule has 1 fully saturated rings. The molecule has 0 radical (unpaired) electrons. The maximum absolute atomic E-state index is 13.9. The van der Waals surface area contributed by atoms with Crippen LogP contribution in [0.3, 0.4) is 0 Å². The second-order valence-electron chi connectivity index (χ2n) is 7.46. The van der Waals surface area contributed by atoms with E-state index in [4.69, 9.17) is 4.74 Å². The Labute approximate surface area is 167 Å². The van der Waals surface area contributed by atoms with E-state index in [1.165, 1.54) is 10.6 Å². The molecule has 0 aliphatic heterocycles. The molecule has 0 amide bonds. The molecule has 4 aromatic rings. The summed E-state index contributed by atoms with van der Waals surface area (Å²) >= 11 is 0. The van der Waals surface area contributed by atoms with Gasteiger partial charge in [-0.1, -0.05) is 0 Å². The molecule has 4 aromatic heterocycles. The monoisotopic (exact) mass is 394 g/mol. The molecule has 7 nitrogen and oxygen atoms in total. The van der Waals surface area contributed by atoms with E-state index in [1.54, 1.807) is 12.3 Å². The smallest absolute Gasteiger partial charge is 0.224 e. The Bertz CT molecular complexity index is 1140. The van der Waals surface area contributed by atoms with Crippen molar-refractivity contribution in [3.8, 4) is 11.1 Å². The highest BCUT2D eigenvalue weighted by Gasteiger charge is 2.22. The van der Waals surface area contributed by atoms with Crippen LogP contribution in [0.2, 0.25) is 0 Å². The molecule has 0 unspecified atom stereocenters. The van der Waals surface area contributed by atoms with Crippen molar-refractivity contribution in [1.29, 1.82) is 0 Å². The lowest BCUT2D eigenvalue weighted by Gasteiger charge is -2.28.